The summed E-state index contributed by atoms with van der Waals surface area (Å²) in [5.74, 6) is 0. The number of rotatable bonds is 4. The normalized spacial score (nSPS) is 19.2. The van der Waals surface area contributed by atoms with Gasteiger partial charge in [0.2, 0.25) is 0 Å². The Morgan fingerprint density at radius 2 is 2.37 bits per heavy atom. The highest BCUT2D eigenvalue weighted by Crippen LogP contribution is 2.27. The quantitative estimate of drug-likeness (QED) is 0.879. The van der Waals surface area contributed by atoms with Crippen molar-refractivity contribution in [3.8, 4) is 0 Å². The van der Waals surface area contributed by atoms with Crippen LogP contribution in [0.3, 0.4) is 0 Å². The topological polar surface area (TPSA) is 54.8 Å². The van der Waals surface area contributed by atoms with E-state index in [1.165, 1.54) is 17.5 Å². The number of aromatic nitrogens is 3. The molecule has 0 aromatic carbocycles. The first-order valence-corrected chi connectivity index (χ1v) is 7.15. The zero-order chi connectivity index (χ0) is 13.2. The van der Waals surface area contributed by atoms with Crippen LogP contribution in [0.2, 0.25) is 0 Å². The Morgan fingerprint density at radius 1 is 1.47 bits per heavy atom. The van der Waals surface area contributed by atoms with Gasteiger partial charge in [0.05, 0.1) is 11.1 Å². The van der Waals surface area contributed by atoms with Crippen molar-refractivity contribution in [3.05, 3.63) is 18.0 Å². The van der Waals surface area contributed by atoms with E-state index in [4.69, 9.17) is 0 Å². The predicted octanol–water partition coefficient (Wildman–Crippen LogP) is 1.79. The van der Waals surface area contributed by atoms with Gasteiger partial charge in [-0.05, 0) is 32.4 Å². The van der Waals surface area contributed by atoms with Gasteiger partial charge in [0.1, 0.15) is 0 Å². The Morgan fingerprint density at radius 3 is 3.05 bits per heavy atom. The van der Waals surface area contributed by atoms with E-state index in [0.29, 0.717) is 6.04 Å². The molecular formula is C14H21N5. The molecular weight excluding hydrogens is 238 g/mol. The Kier molecular flexibility index (Phi) is 3.38. The summed E-state index contributed by atoms with van der Waals surface area (Å²) in [5, 5.41) is 12.9. The average molecular weight is 259 g/mol. The molecule has 1 aliphatic rings. The van der Waals surface area contributed by atoms with Gasteiger partial charge in [-0.25, -0.2) is 9.67 Å². The summed E-state index contributed by atoms with van der Waals surface area (Å²) in [6, 6.07) is 2.59. The van der Waals surface area contributed by atoms with Gasteiger partial charge in [0.15, 0.2) is 5.65 Å². The van der Waals surface area contributed by atoms with Gasteiger partial charge in [-0.15, -0.1) is 0 Å². The van der Waals surface area contributed by atoms with Gasteiger partial charge in [0.25, 0.3) is 0 Å². The second kappa shape index (κ2) is 5.17. The number of hydrogen-bond acceptors (Lipinski definition) is 4. The van der Waals surface area contributed by atoms with E-state index in [0.717, 1.165) is 37.4 Å². The lowest BCUT2D eigenvalue weighted by Crippen LogP contribution is -2.22. The van der Waals surface area contributed by atoms with Crippen LogP contribution in [0.15, 0.2) is 12.3 Å². The van der Waals surface area contributed by atoms with Crippen LogP contribution < -0.4 is 10.6 Å². The number of aryl methyl sites for hydroxylation is 2. The maximum Gasteiger partial charge on any atom is 0.160 e. The van der Waals surface area contributed by atoms with Crippen LogP contribution in [-0.4, -0.2) is 33.9 Å². The number of hydrogen-bond donors (Lipinski definition) is 2. The van der Waals surface area contributed by atoms with E-state index >= 15 is 0 Å². The van der Waals surface area contributed by atoms with Crippen LogP contribution in [0.25, 0.3) is 11.0 Å². The van der Waals surface area contributed by atoms with Gasteiger partial charge in [0, 0.05) is 31.0 Å². The summed E-state index contributed by atoms with van der Waals surface area (Å²) < 4.78 is 1.99. The molecule has 0 spiro atoms. The van der Waals surface area contributed by atoms with Crippen LogP contribution in [0.1, 0.15) is 26.0 Å². The molecule has 0 saturated carbocycles. The third-order valence-electron chi connectivity index (χ3n) is 3.76. The molecule has 19 heavy (non-hydrogen) atoms. The highest BCUT2D eigenvalue weighted by Gasteiger charge is 2.18. The Bertz CT molecular complexity index is 568. The molecule has 0 bridgehead atoms. The maximum atomic E-state index is 4.66. The Balaban J connectivity index is 2.05. The lowest BCUT2D eigenvalue weighted by Gasteiger charge is -2.14. The van der Waals surface area contributed by atoms with Crippen LogP contribution in [-0.2, 0) is 13.0 Å². The summed E-state index contributed by atoms with van der Waals surface area (Å²) in [4.78, 5) is 4.50. The second-order valence-electron chi connectivity index (χ2n) is 5.01. The van der Waals surface area contributed by atoms with Crippen molar-refractivity contribution < 1.29 is 0 Å². The smallest absolute Gasteiger partial charge is 0.160 e. The minimum absolute atomic E-state index is 0.514. The first kappa shape index (κ1) is 12.4. The number of nitrogens with one attached hydrogen (secondary N) is 2. The fourth-order valence-electron chi connectivity index (χ4n) is 2.76. The molecule has 0 radical (unpaired) electrons. The number of pyridine rings is 1. The van der Waals surface area contributed by atoms with Crippen molar-refractivity contribution in [2.75, 3.05) is 18.4 Å². The van der Waals surface area contributed by atoms with Gasteiger partial charge in [-0.2, -0.15) is 5.10 Å². The Hall–Kier alpha value is -1.62. The molecule has 0 unspecified atom stereocenters. The van der Waals surface area contributed by atoms with Gasteiger partial charge >= 0.3 is 0 Å². The molecule has 102 valence electrons. The molecule has 1 atom stereocenters. The SMILES string of the molecule is CCc1nn(CC)c2nccc(N[C@H]3CCNC3)c12. The van der Waals surface area contributed by atoms with E-state index in [1.807, 2.05) is 10.9 Å². The zero-order valence-electron chi connectivity index (χ0n) is 11.6. The molecule has 1 aliphatic heterocycles. The van der Waals surface area contributed by atoms with Gasteiger partial charge < -0.3 is 10.6 Å². The number of nitrogens with zero attached hydrogens (tertiary/aromatic N) is 3. The first-order chi connectivity index (χ1) is 9.33. The van der Waals surface area contributed by atoms with Crippen molar-refractivity contribution >= 4 is 16.7 Å². The molecule has 2 N–H and O–H groups in total. The van der Waals surface area contributed by atoms with E-state index in [-0.39, 0.29) is 0 Å². The minimum Gasteiger partial charge on any atom is -0.380 e. The summed E-state index contributed by atoms with van der Waals surface area (Å²) in [5.41, 5.74) is 3.31. The third-order valence-corrected chi connectivity index (χ3v) is 3.76. The van der Waals surface area contributed by atoms with E-state index < -0.39 is 0 Å². The average Bonchev–Trinajstić information content (AvgIpc) is 3.06. The van der Waals surface area contributed by atoms with Gasteiger partial charge in [-0.1, -0.05) is 6.92 Å². The first-order valence-electron chi connectivity index (χ1n) is 7.15. The van der Waals surface area contributed by atoms with E-state index in [1.54, 1.807) is 0 Å². The molecule has 2 aromatic rings. The number of fused-ring (bicyclic) bond motifs is 1. The predicted molar refractivity (Wildman–Crippen MR) is 77.5 cm³/mol. The zero-order valence-corrected chi connectivity index (χ0v) is 11.6. The van der Waals surface area contributed by atoms with Crippen molar-refractivity contribution in [3.63, 3.8) is 0 Å². The highest BCUT2D eigenvalue weighted by molar-refractivity contribution is 5.91. The van der Waals surface area contributed by atoms with Crippen molar-refractivity contribution in [1.82, 2.24) is 20.1 Å². The minimum atomic E-state index is 0.514. The van der Waals surface area contributed by atoms with Crippen LogP contribution >= 0.6 is 0 Å². The molecule has 3 rings (SSSR count). The summed E-state index contributed by atoms with van der Waals surface area (Å²) in [6.07, 6.45) is 3.99. The molecule has 5 heteroatoms. The second-order valence-corrected chi connectivity index (χ2v) is 5.01. The fourth-order valence-corrected chi connectivity index (χ4v) is 2.76. The summed E-state index contributed by atoms with van der Waals surface area (Å²) in [7, 11) is 0. The van der Waals surface area contributed by atoms with Crippen LogP contribution in [0, 0.1) is 0 Å². The summed E-state index contributed by atoms with van der Waals surface area (Å²) in [6.45, 7) is 7.25. The molecule has 5 nitrogen and oxygen atoms in total. The number of anilines is 1. The lowest BCUT2D eigenvalue weighted by molar-refractivity contribution is 0.664. The molecule has 1 fully saturated rings. The molecule has 0 aliphatic carbocycles. The lowest BCUT2D eigenvalue weighted by atomic mass is 10.1. The fraction of sp³-hybridized carbons (Fsp3) is 0.571. The van der Waals surface area contributed by atoms with E-state index in [9.17, 15) is 0 Å². The largest absolute Gasteiger partial charge is 0.380 e. The van der Waals surface area contributed by atoms with Crippen molar-refractivity contribution in [2.24, 2.45) is 0 Å². The molecule has 0 amide bonds. The van der Waals surface area contributed by atoms with Crippen LogP contribution in [0.4, 0.5) is 5.69 Å². The summed E-state index contributed by atoms with van der Waals surface area (Å²) >= 11 is 0. The molecule has 3 heterocycles. The van der Waals surface area contributed by atoms with Crippen LogP contribution in [0.5, 0.6) is 0 Å². The standard InChI is InChI=1S/C14H21N5/c1-3-11-13-12(17-10-5-7-15-9-10)6-8-16-14(13)19(4-2)18-11/h6,8,10,15H,3-5,7,9H2,1-2H3,(H,16,17)/t10-/m0/s1. The third kappa shape index (κ3) is 2.18. The van der Waals surface area contributed by atoms with Crippen molar-refractivity contribution in [1.29, 1.82) is 0 Å². The van der Waals surface area contributed by atoms with E-state index in [2.05, 4.69) is 40.6 Å². The Labute approximate surface area is 113 Å². The molecule has 2 aromatic heterocycles. The maximum absolute atomic E-state index is 4.66. The van der Waals surface area contributed by atoms with Gasteiger partial charge in [-0.3, -0.25) is 0 Å². The monoisotopic (exact) mass is 259 g/mol. The molecule has 1 saturated heterocycles. The van der Waals surface area contributed by atoms with Crippen molar-refractivity contribution in [2.45, 2.75) is 39.3 Å². The highest BCUT2D eigenvalue weighted by atomic mass is 15.3.